The van der Waals surface area contributed by atoms with Crippen molar-refractivity contribution in [2.24, 2.45) is 0 Å². The minimum atomic E-state index is -0.222. The predicted octanol–water partition coefficient (Wildman–Crippen LogP) is 3.46. The first-order chi connectivity index (χ1) is 17.1. The molecule has 1 N–H and O–H groups in total. The van der Waals surface area contributed by atoms with Crippen molar-refractivity contribution in [3.63, 3.8) is 0 Å². The highest BCUT2D eigenvalue weighted by Gasteiger charge is 2.18. The summed E-state index contributed by atoms with van der Waals surface area (Å²) in [5, 5.41) is 2.92. The third-order valence-electron chi connectivity index (χ3n) is 5.60. The summed E-state index contributed by atoms with van der Waals surface area (Å²) in [5.41, 5.74) is 3.00. The molecule has 3 aromatic rings. The number of nitrogens with one attached hydrogen (secondary N) is 1. The molecule has 0 saturated carbocycles. The Bertz CT molecular complexity index is 1130. The molecule has 2 aromatic carbocycles. The number of morpholine rings is 1. The van der Waals surface area contributed by atoms with E-state index in [2.05, 4.69) is 10.3 Å². The SMILES string of the molecule is CCOc1cc(C(=O)NCc2ccc(C(=O)N3CCOCC3)cc2)ccc1OCc1ccncc1. The molecule has 0 atom stereocenters. The maximum Gasteiger partial charge on any atom is 0.254 e. The molecule has 0 aliphatic carbocycles. The van der Waals surface area contributed by atoms with E-state index in [0.29, 0.717) is 68.7 Å². The van der Waals surface area contributed by atoms with Gasteiger partial charge in [0, 0.05) is 43.2 Å². The molecule has 0 bridgehead atoms. The molecule has 1 aromatic heterocycles. The molecule has 0 unspecified atom stereocenters. The summed E-state index contributed by atoms with van der Waals surface area (Å²) in [6.07, 6.45) is 3.43. The van der Waals surface area contributed by atoms with Crippen molar-refractivity contribution in [1.82, 2.24) is 15.2 Å². The van der Waals surface area contributed by atoms with Gasteiger partial charge in [0.15, 0.2) is 11.5 Å². The lowest BCUT2D eigenvalue weighted by molar-refractivity contribution is 0.0303. The maximum absolute atomic E-state index is 12.8. The lowest BCUT2D eigenvalue weighted by Gasteiger charge is -2.26. The Kier molecular flexibility index (Phi) is 8.30. The summed E-state index contributed by atoms with van der Waals surface area (Å²) in [4.78, 5) is 31.1. The van der Waals surface area contributed by atoms with Gasteiger partial charge in [0.05, 0.1) is 19.8 Å². The molecule has 1 aliphatic heterocycles. The van der Waals surface area contributed by atoms with Crippen LogP contribution in [0.5, 0.6) is 11.5 Å². The number of carbonyl (C=O) groups is 2. The van der Waals surface area contributed by atoms with Crippen LogP contribution in [0, 0.1) is 0 Å². The first-order valence-electron chi connectivity index (χ1n) is 11.7. The van der Waals surface area contributed by atoms with Gasteiger partial charge in [-0.3, -0.25) is 14.6 Å². The molecule has 1 aliphatic rings. The van der Waals surface area contributed by atoms with Gasteiger partial charge in [0.25, 0.3) is 11.8 Å². The van der Waals surface area contributed by atoms with Crippen LogP contribution in [0.1, 0.15) is 38.8 Å². The maximum atomic E-state index is 12.8. The summed E-state index contributed by atoms with van der Waals surface area (Å²) in [6.45, 7) is 5.39. The zero-order valence-electron chi connectivity index (χ0n) is 19.7. The van der Waals surface area contributed by atoms with Crippen molar-refractivity contribution < 1.29 is 23.8 Å². The highest BCUT2D eigenvalue weighted by molar-refractivity contribution is 5.95. The summed E-state index contributed by atoms with van der Waals surface area (Å²) in [6, 6.07) is 16.2. The zero-order chi connectivity index (χ0) is 24.5. The van der Waals surface area contributed by atoms with Crippen LogP contribution in [-0.2, 0) is 17.9 Å². The molecule has 8 nitrogen and oxygen atoms in total. The standard InChI is InChI=1S/C27H29N3O5/c1-2-34-25-17-23(7-8-24(25)35-19-21-9-11-28-12-10-21)26(31)29-18-20-3-5-22(6-4-20)27(32)30-13-15-33-16-14-30/h3-12,17H,2,13-16,18-19H2,1H3,(H,29,31). The normalized spacial score (nSPS) is 13.2. The first kappa shape index (κ1) is 24.2. The Morgan fingerprint density at radius 3 is 2.34 bits per heavy atom. The van der Waals surface area contributed by atoms with Crippen LogP contribution in [0.25, 0.3) is 0 Å². The molecule has 4 rings (SSSR count). The van der Waals surface area contributed by atoms with Gasteiger partial charge in [-0.1, -0.05) is 12.1 Å². The number of ether oxygens (including phenoxy) is 3. The summed E-state index contributed by atoms with van der Waals surface area (Å²) < 4.78 is 16.9. The Labute approximate surface area is 204 Å². The molecule has 35 heavy (non-hydrogen) atoms. The molecule has 2 amide bonds. The Morgan fingerprint density at radius 2 is 1.63 bits per heavy atom. The van der Waals surface area contributed by atoms with E-state index in [1.807, 2.05) is 31.2 Å². The average Bonchev–Trinajstić information content (AvgIpc) is 2.92. The number of pyridine rings is 1. The van der Waals surface area contributed by atoms with E-state index in [-0.39, 0.29) is 11.8 Å². The van der Waals surface area contributed by atoms with E-state index in [4.69, 9.17) is 14.2 Å². The van der Waals surface area contributed by atoms with Gasteiger partial charge < -0.3 is 24.4 Å². The highest BCUT2D eigenvalue weighted by atomic mass is 16.5. The molecule has 8 heteroatoms. The third-order valence-corrected chi connectivity index (χ3v) is 5.60. The minimum absolute atomic E-state index is 0.00132. The largest absolute Gasteiger partial charge is 0.490 e. The quantitative estimate of drug-likeness (QED) is 0.510. The van der Waals surface area contributed by atoms with Gasteiger partial charge in [0.1, 0.15) is 6.61 Å². The molecule has 0 spiro atoms. The zero-order valence-corrected chi connectivity index (χ0v) is 19.7. The number of benzene rings is 2. The third kappa shape index (κ3) is 6.58. The number of carbonyl (C=O) groups excluding carboxylic acids is 2. The van der Waals surface area contributed by atoms with Gasteiger partial charge in [-0.05, 0) is 60.5 Å². The second-order valence-electron chi connectivity index (χ2n) is 8.02. The van der Waals surface area contributed by atoms with Gasteiger partial charge in [0.2, 0.25) is 0 Å². The van der Waals surface area contributed by atoms with Crippen LogP contribution in [0.2, 0.25) is 0 Å². The molecule has 0 radical (unpaired) electrons. The Balaban J connectivity index is 1.34. The summed E-state index contributed by atoms with van der Waals surface area (Å²) >= 11 is 0. The van der Waals surface area contributed by atoms with Crippen LogP contribution >= 0.6 is 0 Å². The van der Waals surface area contributed by atoms with E-state index < -0.39 is 0 Å². The van der Waals surface area contributed by atoms with Gasteiger partial charge in [-0.15, -0.1) is 0 Å². The molecular formula is C27H29N3O5. The molecule has 182 valence electrons. The topological polar surface area (TPSA) is 90.0 Å². The fraction of sp³-hybridized carbons (Fsp3) is 0.296. The number of amides is 2. The van der Waals surface area contributed by atoms with Crippen molar-refractivity contribution in [1.29, 1.82) is 0 Å². The second kappa shape index (κ2) is 12.0. The van der Waals surface area contributed by atoms with Crippen LogP contribution in [0.3, 0.4) is 0 Å². The fourth-order valence-electron chi connectivity index (χ4n) is 3.68. The Hall–Kier alpha value is -3.91. The van der Waals surface area contributed by atoms with Crippen molar-refractivity contribution in [3.05, 3.63) is 89.2 Å². The number of rotatable bonds is 9. The van der Waals surface area contributed by atoms with Crippen molar-refractivity contribution in [3.8, 4) is 11.5 Å². The summed E-state index contributed by atoms with van der Waals surface area (Å²) in [5.74, 6) is 0.861. The molecule has 1 saturated heterocycles. The minimum Gasteiger partial charge on any atom is -0.490 e. The first-order valence-corrected chi connectivity index (χ1v) is 11.7. The Morgan fingerprint density at radius 1 is 0.914 bits per heavy atom. The van der Waals surface area contributed by atoms with E-state index >= 15 is 0 Å². The number of hydrogen-bond donors (Lipinski definition) is 1. The lowest BCUT2D eigenvalue weighted by Crippen LogP contribution is -2.40. The highest BCUT2D eigenvalue weighted by Crippen LogP contribution is 2.29. The van der Waals surface area contributed by atoms with E-state index in [9.17, 15) is 9.59 Å². The number of nitrogens with zero attached hydrogens (tertiary/aromatic N) is 2. The predicted molar refractivity (Wildman–Crippen MR) is 131 cm³/mol. The lowest BCUT2D eigenvalue weighted by atomic mass is 10.1. The van der Waals surface area contributed by atoms with Gasteiger partial charge in [-0.2, -0.15) is 0 Å². The number of hydrogen-bond acceptors (Lipinski definition) is 6. The van der Waals surface area contributed by atoms with E-state index in [1.165, 1.54) is 0 Å². The number of aromatic nitrogens is 1. The van der Waals surface area contributed by atoms with Gasteiger partial charge >= 0.3 is 0 Å². The molecule has 1 fully saturated rings. The van der Waals surface area contributed by atoms with Crippen molar-refractivity contribution in [2.75, 3.05) is 32.9 Å². The fourth-order valence-corrected chi connectivity index (χ4v) is 3.68. The van der Waals surface area contributed by atoms with Crippen molar-refractivity contribution in [2.45, 2.75) is 20.1 Å². The monoisotopic (exact) mass is 475 g/mol. The van der Waals surface area contributed by atoms with Crippen LogP contribution in [0.4, 0.5) is 0 Å². The smallest absolute Gasteiger partial charge is 0.254 e. The molecule has 2 heterocycles. The van der Waals surface area contributed by atoms with Crippen molar-refractivity contribution >= 4 is 11.8 Å². The average molecular weight is 476 g/mol. The van der Waals surface area contributed by atoms with Crippen LogP contribution < -0.4 is 14.8 Å². The molecular weight excluding hydrogens is 446 g/mol. The summed E-state index contributed by atoms with van der Waals surface area (Å²) in [7, 11) is 0. The van der Waals surface area contributed by atoms with E-state index in [1.54, 1.807) is 47.6 Å². The van der Waals surface area contributed by atoms with E-state index in [0.717, 1.165) is 11.1 Å². The van der Waals surface area contributed by atoms with Crippen LogP contribution in [0.15, 0.2) is 67.0 Å². The van der Waals surface area contributed by atoms with Gasteiger partial charge in [-0.25, -0.2) is 0 Å². The second-order valence-corrected chi connectivity index (χ2v) is 8.02. The van der Waals surface area contributed by atoms with Crippen LogP contribution in [-0.4, -0.2) is 54.6 Å².